The second kappa shape index (κ2) is 5.99. The predicted molar refractivity (Wildman–Crippen MR) is 68.9 cm³/mol. The van der Waals surface area contributed by atoms with Crippen LogP contribution in [0.2, 0.25) is 0 Å². The second-order valence-corrected chi connectivity index (χ2v) is 3.90. The van der Waals surface area contributed by atoms with Crippen molar-refractivity contribution in [1.82, 2.24) is 14.8 Å². The molecule has 6 nitrogen and oxygen atoms in total. The Hall–Kier alpha value is -2.37. The van der Waals surface area contributed by atoms with Gasteiger partial charge in [-0.1, -0.05) is 12.1 Å². The summed E-state index contributed by atoms with van der Waals surface area (Å²) in [5.74, 6) is 0.405. The van der Waals surface area contributed by atoms with Gasteiger partial charge >= 0.3 is 5.97 Å². The summed E-state index contributed by atoms with van der Waals surface area (Å²) in [5, 5.41) is 12.9. The van der Waals surface area contributed by atoms with Gasteiger partial charge in [0.1, 0.15) is 12.1 Å². The predicted octanol–water partition coefficient (Wildman–Crippen LogP) is 1.82. The molecular weight excluding hydrogens is 246 g/mol. The van der Waals surface area contributed by atoms with Gasteiger partial charge in [0.15, 0.2) is 5.82 Å². The van der Waals surface area contributed by atoms with Crippen LogP contribution in [0.4, 0.5) is 0 Å². The molecule has 0 spiro atoms. The van der Waals surface area contributed by atoms with Gasteiger partial charge in [-0.2, -0.15) is 5.10 Å². The number of carboxylic acid groups (broad SMARTS) is 1. The number of nitrogens with zero attached hydrogens (tertiary/aromatic N) is 3. The fourth-order valence-electron chi connectivity index (χ4n) is 1.67. The monoisotopic (exact) mass is 261 g/mol. The van der Waals surface area contributed by atoms with Crippen LogP contribution in [0.1, 0.15) is 13.3 Å². The summed E-state index contributed by atoms with van der Waals surface area (Å²) in [6.45, 7) is 2.78. The number of carboxylic acids is 1. The highest BCUT2D eigenvalue weighted by Gasteiger charge is 2.10. The number of hydrogen-bond acceptors (Lipinski definition) is 4. The van der Waals surface area contributed by atoms with Gasteiger partial charge in [-0.25, -0.2) is 4.98 Å². The maximum absolute atomic E-state index is 10.5. The van der Waals surface area contributed by atoms with Crippen LogP contribution in [0.25, 0.3) is 11.4 Å². The number of benzene rings is 1. The van der Waals surface area contributed by atoms with Gasteiger partial charge in [0.2, 0.25) is 0 Å². The maximum atomic E-state index is 10.5. The quantitative estimate of drug-likeness (QED) is 0.858. The fourth-order valence-corrected chi connectivity index (χ4v) is 1.67. The van der Waals surface area contributed by atoms with Crippen LogP contribution in [-0.4, -0.2) is 32.4 Å². The number of para-hydroxylation sites is 1. The van der Waals surface area contributed by atoms with Crippen molar-refractivity contribution in [2.75, 3.05) is 6.61 Å². The SMILES string of the molecule is CCOc1ccccc1-c1ncn(CCC(=O)O)n1. The first-order valence-electron chi connectivity index (χ1n) is 6.04. The Labute approximate surface area is 110 Å². The van der Waals surface area contributed by atoms with E-state index in [1.807, 2.05) is 31.2 Å². The molecule has 0 aliphatic rings. The number of carbonyl (C=O) groups is 1. The molecule has 0 aliphatic heterocycles. The molecule has 0 saturated heterocycles. The molecule has 0 fully saturated rings. The molecule has 0 saturated carbocycles. The molecule has 1 N–H and O–H groups in total. The molecule has 100 valence electrons. The van der Waals surface area contributed by atoms with E-state index in [4.69, 9.17) is 9.84 Å². The van der Waals surface area contributed by atoms with Crippen molar-refractivity contribution in [2.45, 2.75) is 19.9 Å². The van der Waals surface area contributed by atoms with Crippen molar-refractivity contribution in [3.8, 4) is 17.1 Å². The van der Waals surface area contributed by atoms with E-state index >= 15 is 0 Å². The van der Waals surface area contributed by atoms with Crippen LogP contribution in [0, 0.1) is 0 Å². The lowest BCUT2D eigenvalue weighted by Gasteiger charge is -2.06. The van der Waals surface area contributed by atoms with E-state index in [-0.39, 0.29) is 6.42 Å². The molecule has 1 heterocycles. The standard InChI is InChI=1S/C13H15N3O3/c1-2-19-11-6-4-3-5-10(11)13-14-9-16(15-13)8-7-12(17)18/h3-6,9H,2,7-8H2,1H3,(H,17,18). The zero-order valence-electron chi connectivity index (χ0n) is 10.6. The molecule has 0 aliphatic carbocycles. The van der Waals surface area contributed by atoms with Crippen LogP contribution in [0.3, 0.4) is 0 Å². The van der Waals surface area contributed by atoms with E-state index in [1.54, 1.807) is 0 Å². The largest absolute Gasteiger partial charge is 0.493 e. The first-order chi connectivity index (χ1) is 9.20. The molecule has 1 aromatic heterocycles. The molecule has 19 heavy (non-hydrogen) atoms. The number of aromatic nitrogens is 3. The minimum atomic E-state index is -0.855. The minimum Gasteiger partial charge on any atom is -0.493 e. The van der Waals surface area contributed by atoms with Gasteiger partial charge in [-0.15, -0.1) is 0 Å². The van der Waals surface area contributed by atoms with E-state index in [9.17, 15) is 4.79 Å². The highest BCUT2D eigenvalue weighted by Crippen LogP contribution is 2.26. The number of rotatable bonds is 6. The number of aliphatic carboxylic acids is 1. The average molecular weight is 261 g/mol. The van der Waals surface area contributed by atoms with Gasteiger partial charge in [0.25, 0.3) is 0 Å². The second-order valence-electron chi connectivity index (χ2n) is 3.90. The third-order valence-corrected chi connectivity index (χ3v) is 2.52. The molecule has 2 aromatic rings. The summed E-state index contributed by atoms with van der Waals surface area (Å²) in [6.07, 6.45) is 1.55. The van der Waals surface area contributed by atoms with Gasteiger partial charge < -0.3 is 9.84 Å². The van der Waals surface area contributed by atoms with Crippen LogP contribution in [0.15, 0.2) is 30.6 Å². The van der Waals surface area contributed by atoms with Crippen molar-refractivity contribution in [2.24, 2.45) is 0 Å². The molecule has 0 amide bonds. The maximum Gasteiger partial charge on any atom is 0.305 e. The summed E-state index contributed by atoms with van der Waals surface area (Å²) < 4.78 is 7.04. The summed E-state index contributed by atoms with van der Waals surface area (Å²) in [4.78, 5) is 14.7. The summed E-state index contributed by atoms with van der Waals surface area (Å²) >= 11 is 0. The molecule has 6 heteroatoms. The first kappa shape index (κ1) is 13.1. The van der Waals surface area contributed by atoms with Crippen molar-refractivity contribution in [1.29, 1.82) is 0 Å². The number of aryl methyl sites for hydroxylation is 1. The Balaban J connectivity index is 2.20. The molecule has 0 bridgehead atoms. The van der Waals surface area contributed by atoms with E-state index in [2.05, 4.69) is 10.1 Å². The average Bonchev–Trinajstić information content (AvgIpc) is 2.86. The zero-order valence-corrected chi connectivity index (χ0v) is 10.6. The van der Waals surface area contributed by atoms with E-state index in [1.165, 1.54) is 11.0 Å². The van der Waals surface area contributed by atoms with Gasteiger partial charge in [0, 0.05) is 0 Å². The smallest absolute Gasteiger partial charge is 0.305 e. The van der Waals surface area contributed by atoms with Gasteiger partial charge in [0.05, 0.1) is 25.1 Å². The van der Waals surface area contributed by atoms with E-state index in [0.717, 1.165) is 11.3 Å². The molecule has 0 unspecified atom stereocenters. The van der Waals surface area contributed by atoms with Crippen LogP contribution < -0.4 is 4.74 Å². The van der Waals surface area contributed by atoms with Crippen molar-refractivity contribution in [3.63, 3.8) is 0 Å². The lowest BCUT2D eigenvalue weighted by atomic mass is 10.2. The Morgan fingerprint density at radius 1 is 1.42 bits per heavy atom. The normalized spacial score (nSPS) is 10.4. The van der Waals surface area contributed by atoms with Crippen LogP contribution in [0.5, 0.6) is 5.75 Å². The highest BCUT2D eigenvalue weighted by molar-refractivity contribution is 5.66. The highest BCUT2D eigenvalue weighted by atomic mass is 16.5. The first-order valence-corrected chi connectivity index (χ1v) is 6.04. The van der Waals surface area contributed by atoms with Gasteiger partial charge in [-0.05, 0) is 19.1 Å². The zero-order chi connectivity index (χ0) is 13.7. The number of ether oxygens (including phenoxy) is 1. The van der Waals surface area contributed by atoms with E-state index < -0.39 is 5.97 Å². The Kier molecular flexibility index (Phi) is 4.12. The Morgan fingerprint density at radius 2 is 2.21 bits per heavy atom. The van der Waals surface area contributed by atoms with Crippen LogP contribution in [-0.2, 0) is 11.3 Å². The third kappa shape index (κ3) is 3.31. The third-order valence-electron chi connectivity index (χ3n) is 2.52. The molecule has 1 aromatic carbocycles. The lowest BCUT2D eigenvalue weighted by Crippen LogP contribution is -2.05. The molecular formula is C13H15N3O3. The molecule has 0 atom stereocenters. The lowest BCUT2D eigenvalue weighted by molar-refractivity contribution is -0.137. The summed E-state index contributed by atoms with van der Waals surface area (Å²) in [6, 6.07) is 7.50. The minimum absolute atomic E-state index is 0.0237. The Morgan fingerprint density at radius 3 is 2.95 bits per heavy atom. The van der Waals surface area contributed by atoms with Crippen molar-refractivity contribution >= 4 is 5.97 Å². The van der Waals surface area contributed by atoms with Crippen LogP contribution >= 0.6 is 0 Å². The van der Waals surface area contributed by atoms with Gasteiger partial charge in [-0.3, -0.25) is 9.48 Å². The topological polar surface area (TPSA) is 77.2 Å². The Bertz CT molecular complexity index is 566. The van der Waals surface area contributed by atoms with Crippen molar-refractivity contribution < 1.29 is 14.6 Å². The fraction of sp³-hybridized carbons (Fsp3) is 0.308. The summed E-state index contributed by atoms with van der Waals surface area (Å²) in [5.41, 5.74) is 0.804. The molecule has 0 radical (unpaired) electrons. The molecule has 2 rings (SSSR count). The van der Waals surface area contributed by atoms with Crippen molar-refractivity contribution in [3.05, 3.63) is 30.6 Å². The number of hydrogen-bond donors (Lipinski definition) is 1. The summed E-state index contributed by atoms with van der Waals surface area (Å²) in [7, 11) is 0. The van der Waals surface area contributed by atoms with E-state index in [0.29, 0.717) is 19.0 Å².